The zero-order valence-corrected chi connectivity index (χ0v) is 21.5. The largest absolute Gasteiger partial charge is 0.485 e. The molecule has 0 unspecified atom stereocenters. The maximum atomic E-state index is 13.9. The van der Waals surface area contributed by atoms with Gasteiger partial charge in [0.15, 0.2) is 5.82 Å². The van der Waals surface area contributed by atoms with Crippen molar-refractivity contribution in [1.82, 2.24) is 24.5 Å². The molecule has 0 fully saturated rings. The Morgan fingerprint density at radius 1 is 1.05 bits per heavy atom. The molecule has 38 heavy (non-hydrogen) atoms. The molecule has 0 bridgehead atoms. The molecule has 0 aromatic carbocycles. The van der Waals surface area contributed by atoms with Crippen molar-refractivity contribution in [1.29, 1.82) is 0 Å². The lowest BCUT2D eigenvalue weighted by Crippen LogP contribution is -2.29. The molecule has 0 atom stereocenters. The van der Waals surface area contributed by atoms with Crippen LogP contribution in [-0.2, 0) is 12.0 Å². The van der Waals surface area contributed by atoms with Crippen LogP contribution in [0.4, 0.5) is 17.6 Å². The molecule has 198 valence electrons. The predicted octanol–water partition coefficient (Wildman–Crippen LogP) is 5.75. The number of pyridine rings is 3. The number of nitrogens with zero attached hydrogens (tertiary/aromatic N) is 5. The molecule has 0 amide bonds. The second kappa shape index (κ2) is 10.5. The van der Waals surface area contributed by atoms with E-state index in [1.165, 1.54) is 42.9 Å². The standard InChI is InChI=1S/C26H22ClF4N5O2/c1-13-10-33-18(17-5-6-32-25(35-17)26(3,4)24(30)31)9-20(13)36-14(2)7-21(22(27)23(36)37)38-12-19-16(29)8-15(28)11-34-19/h5-11,24H,12H2,1-4H3. The Morgan fingerprint density at radius 2 is 1.79 bits per heavy atom. The fraction of sp³-hybridized carbons (Fsp3) is 0.269. The van der Waals surface area contributed by atoms with Gasteiger partial charge in [0.2, 0.25) is 0 Å². The van der Waals surface area contributed by atoms with Crippen LogP contribution < -0.4 is 10.3 Å². The molecule has 0 aliphatic heterocycles. The number of ether oxygens (including phenoxy) is 1. The van der Waals surface area contributed by atoms with Crippen LogP contribution in [0.5, 0.6) is 5.75 Å². The summed E-state index contributed by atoms with van der Waals surface area (Å²) in [6, 6.07) is 5.31. The summed E-state index contributed by atoms with van der Waals surface area (Å²) < 4.78 is 60.9. The van der Waals surface area contributed by atoms with Crippen molar-refractivity contribution in [2.75, 3.05) is 0 Å². The molecule has 7 nitrogen and oxygen atoms in total. The van der Waals surface area contributed by atoms with E-state index in [1.807, 2.05) is 0 Å². The molecule has 0 aliphatic carbocycles. The SMILES string of the molecule is Cc1cnc(-c2ccnc(C(C)(C)C(F)F)n2)cc1-n1c(C)cc(OCc2ncc(F)cc2F)c(Cl)c1=O. The van der Waals surface area contributed by atoms with E-state index >= 15 is 0 Å². The van der Waals surface area contributed by atoms with Crippen molar-refractivity contribution in [3.63, 3.8) is 0 Å². The molecule has 0 aliphatic rings. The predicted molar refractivity (Wildman–Crippen MR) is 133 cm³/mol. The summed E-state index contributed by atoms with van der Waals surface area (Å²) in [5.41, 5.74) is -0.212. The lowest BCUT2D eigenvalue weighted by atomic mass is 9.93. The van der Waals surface area contributed by atoms with E-state index < -0.39 is 29.0 Å². The molecule has 4 aromatic rings. The summed E-state index contributed by atoms with van der Waals surface area (Å²) in [7, 11) is 0. The number of aryl methyl sites for hydroxylation is 2. The van der Waals surface area contributed by atoms with E-state index in [9.17, 15) is 22.4 Å². The van der Waals surface area contributed by atoms with Gasteiger partial charge in [-0.2, -0.15) is 0 Å². The minimum absolute atomic E-state index is 0.00227. The summed E-state index contributed by atoms with van der Waals surface area (Å²) in [6.07, 6.45) is 1.07. The van der Waals surface area contributed by atoms with Gasteiger partial charge in [0.1, 0.15) is 34.7 Å². The van der Waals surface area contributed by atoms with Crippen molar-refractivity contribution < 1.29 is 22.3 Å². The van der Waals surface area contributed by atoms with Gasteiger partial charge in [-0.3, -0.25) is 19.3 Å². The maximum absolute atomic E-state index is 13.9. The Kier molecular flexibility index (Phi) is 7.50. The highest BCUT2D eigenvalue weighted by Gasteiger charge is 2.35. The Labute approximate surface area is 220 Å². The Morgan fingerprint density at radius 3 is 2.47 bits per heavy atom. The van der Waals surface area contributed by atoms with Crippen molar-refractivity contribution >= 4 is 11.6 Å². The molecule has 0 saturated carbocycles. The van der Waals surface area contributed by atoms with E-state index in [1.54, 1.807) is 19.9 Å². The van der Waals surface area contributed by atoms with Gasteiger partial charge >= 0.3 is 0 Å². The first-order valence-corrected chi connectivity index (χ1v) is 11.7. The maximum Gasteiger partial charge on any atom is 0.277 e. The van der Waals surface area contributed by atoms with Gasteiger partial charge in [-0.15, -0.1) is 0 Å². The normalized spacial score (nSPS) is 11.7. The lowest BCUT2D eigenvalue weighted by Gasteiger charge is -2.22. The van der Waals surface area contributed by atoms with Crippen LogP contribution in [0.1, 0.15) is 36.6 Å². The Bertz CT molecular complexity index is 1580. The number of halogens is 5. The zero-order chi connectivity index (χ0) is 27.8. The van der Waals surface area contributed by atoms with E-state index in [-0.39, 0.29) is 28.9 Å². The summed E-state index contributed by atoms with van der Waals surface area (Å²) in [5.74, 6) is -1.77. The summed E-state index contributed by atoms with van der Waals surface area (Å²) in [5, 5.41) is -0.265. The smallest absolute Gasteiger partial charge is 0.277 e. The van der Waals surface area contributed by atoms with Crippen LogP contribution in [0.25, 0.3) is 17.1 Å². The number of aromatic nitrogens is 5. The molecule has 4 rings (SSSR count). The van der Waals surface area contributed by atoms with Crippen LogP contribution in [0.2, 0.25) is 5.02 Å². The van der Waals surface area contributed by atoms with Crippen LogP contribution in [0, 0.1) is 25.5 Å². The van der Waals surface area contributed by atoms with Gasteiger partial charge < -0.3 is 4.74 Å². The molecule has 0 saturated heterocycles. The summed E-state index contributed by atoms with van der Waals surface area (Å²) in [4.78, 5) is 29.6. The minimum atomic E-state index is -2.68. The molecule has 4 aromatic heterocycles. The van der Waals surface area contributed by atoms with Gasteiger partial charge in [-0.05, 0) is 45.4 Å². The van der Waals surface area contributed by atoms with E-state index in [0.717, 1.165) is 6.20 Å². The monoisotopic (exact) mass is 547 g/mol. The van der Waals surface area contributed by atoms with Gasteiger partial charge in [0.25, 0.3) is 12.0 Å². The average Bonchev–Trinajstić information content (AvgIpc) is 2.87. The fourth-order valence-electron chi connectivity index (χ4n) is 3.58. The molecule has 0 N–H and O–H groups in total. The second-order valence-electron chi connectivity index (χ2n) is 9.12. The van der Waals surface area contributed by atoms with Crippen LogP contribution in [0.15, 0.2) is 47.7 Å². The molecular formula is C26H22ClF4N5O2. The highest BCUT2D eigenvalue weighted by Crippen LogP contribution is 2.30. The second-order valence-corrected chi connectivity index (χ2v) is 9.50. The molecule has 12 heteroatoms. The van der Waals surface area contributed by atoms with Gasteiger partial charge in [0, 0.05) is 30.2 Å². The summed E-state index contributed by atoms with van der Waals surface area (Å²) >= 11 is 6.32. The highest BCUT2D eigenvalue weighted by molar-refractivity contribution is 6.31. The molecule has 4 heterocycles. The van der Waals surface area contributed by atoms with Crippen LogP contribution in [0.3, 0.4) is 0 Å². The third kappa shape index (κ3) is 5.24. The number of rotatable bonds is 7. The van der Waals surface area contributed by atoms with Gasteiger partial charge in [0.05, 0.1) is 28.7 Å². The zero-order valence-electron chi connectivity index (χ0n) is 20.8. The fourth-order valence-corrected chi connectivity index (χ4v) is 3.78. The number of hydrogen-bond acceptors (Lipinski definition) is 6. The lowest BCUT2D eigenvalue weighted by molar-refractivity contribution is 0.0647. The first-order valence-electron chi connectivity index (χ1n) is 11.3. The van der Waals surface area contributed by atoms with E-state index in [4.69, 9.17) is 16.3 Å². The van der Waals surface area contributed by atoms with Gasteiger partial charge in [-0.25, -0.2) is 27.5 Å². The quantitative estimate of drug-likeness (QED) is 0.274. The third-order valence-corrected chi connectivity index (χ3v) is 6.25. The van der Waals surface area contributed by atoms with Crippen molar-refractivity contribution in [3.8, 4) is 22.8 Å². The highest BCUT2D eigenvalue weighted by atomic mass is 35.5. The van der Waals surface area contributed by atoms with E-state index in [0.29, 0.717) is 34.4 Å². The molecular weight excluding hydrogens is 526 g/mol. The van der Waals surface area contributed by atoms with Crippen LogP contribution in [-0.4, -0.2) is 30.9 Å². The summed E-state index contributed by atoms with van der Waals surface area (Å²) in [6.45, 7) is 5.71. The van der Waals surface area contributed by atoms with Crippen molar-refractivity contribution in [2.24, 2.45) is 0 Å². The Hall–Kier alpha value is -3.86. The van der Waals surface area contributed by atoms with Gasteiger partial charge in [-0.1, -0.05) is 11.6 Å². The topological polar surface area (TPSA) is 82.8 Å². The van der Waals surface area contributed by atoms with Crippen molar-refractivity contribution in [2.45, 2.75) is 46.1 Å². The van der Waals surface area contributed by atoms with Crippen molar-refractivity contribution in [3.05, 3.63) is 92.6 Å². The van der Waals surface area contributed by atoms with Crippen LogP contribution >= 0.6 is 11.6 Å². The number of hydrogen-bond donors (Lipinski definition) is 0. The number of alkyl halides is 2. The molecule has 0 spiro atoms. The van der Waals surface area contributed by atoms with E-state index in [2.05, 4.69) is 19.9 Å². The minimum Gasteiger partial charge on any atom is -0.485 e. The molecule has 0 radical (unpaired) electrons. The third-order valence-electron chi connectivity index (χ3n) is 5.90. The Balaban J connectivity index is 1.72. The average molecular weight is 548 g/mol. The first-order chi connectivity index (χ1) is 17.9. The first kappa shape index (κ1) is 27.2.